The van der Waals surface area contributed by atoms with Gasteiger partial charge >= 0.3 is 0 Å². The third kappa shape index (κ3) is 15.0. The van der Waals surface area contributed by atoms with Gasteiger partial charge in [-0.1, -0.05) is 100 Å². The van der Waals surface area contributed by atoms with Crippen molar-refractivity contribution in [2.75, 3.05) is 11.5 Å². The number of nitrogens with one attached hydrogen (secondary N) is 4. The summed E-state index contributed by atoms with van der Waals surface area (Å²) in [5.74, 6) is -3.06. The number of hydrogen-bond acceptors (Lipinski definition) is 10. The number of pyridine rings is 2. The molecule has 6 N–H and O–H groups in total. The first-order valence-corrected chi connectivity index (χ1v) is 22.7. The monoisotopic (exact) mass is 836 g/mol. The van der Waals surface area contributed by atoms with Gasteiger partial charge in [0.15, 0.2) is 0 Å². The molecule has 0 aliphatic carbocycles. The highest BCUT2D eigenvalue weighted by atomic mass is 32.2. The zero-order chi connectivity index (χ0) is 42.3. The van der Waals surface area contributed by atoms with Crippen LogP contribution in [0.5, 0.6) is 0 Å². The first-order chi connectivity index (χ1) is 27.5. The van der Waals surface area contributed by atoms with E-state index in [2.05, 4.69) is 30.0 Å². The number of carbonyl (C=O) groups excluding carboxylic acids is 2. The molecule has 4 aromatic rings. The zero-order valence-electron chi connectivity index (χ0n) is 33.3. The van der Waals surface area contributed by atoms with Crippen LogP contribution in [0.15, 0.2) is 109 Å². The number of aliphatic hydroxyl groups excluding tert-OH is 2. The van der Waals surface area contributed by atoms with Crippen LogP contribution >= 0.6 is 0 Å². The molecule has 0 aliphatic rings. The predicted molar refractivity (Wildman–Crippen MR) is 223 cm³/mol. The van der Waals surface area contributed by atoms with Crippen molar-refractivity contribution in [3.05, 3.63) is 132 Å². The molecule has 0 spiro atoms. The molecule has 0 saturated carbocycles. The van der Waals surface area contributed by atoms with Crippen molar-refractivity contribution in [1.82, 2.24) is 30.0 Å². The zero-order valence-corrected chi connectivity index (χ0v) is 34.9. The highest BCUT2D eigenvalue weighted by Crippen LogP contribution is 2.17. The van der Waals surface area contributed by atoms with Crippen LogP contribution in [-0.2, 0) is 55.3 Å². The summed E-state index contributed by atoms with van der Waals surface area (Å²) in [5, 5.41) is 29.5. The van der Waals surface area contributed by atoms with E-state index in [-0.39, 0.29) is 37.2 Å². The lowest BCUT2D eigenvalue weighted by Crippen LogP contribution is -2.61. The number of aliphatic hydroxyl groups is 2. The van der Waals surface area contributed by atoms with Crippen molar-refractivity contribution in [2.24, 2.45) is 11.8 Å². The molecule has 58 heavy (non-hydrogen) atoms. The van der Waals surface area contributed by atoms with E-state index in [0.29, 0.717) is 22.5 Å². The molecular weight excluding hydrogens is 781 g/mol. The quantitative estimate of drug-likeness (QED) is 0.0641. The summed E-state index contributed by atoms with van der Waals surface area (Å²) < 4.78 is 57.8. The van der Waals surface area contributed by atoms with Crippen LogP contribution in [0.2, 0.25) is 0 Å². The van der Waals surface area contributed by atoms with Crippen LogP contribution in [-0.4, -0.2) is 96.7 Å². The van der Waals surface area contributed by atoms with Crippen molar-refractivity contribution < 1.29 is 36.6 Å². The Balaban J connectivity index is 1.57. The third-order valence-electron chi connectivity index (χ3n) is 9.64. The fraction of sp³-hybridized carbons (Fsp3) is 0.429. The lowest BCUT2D eigenvalue weighted by Gasteiger charge is -2.35. The lowest BCUT2D eigenvalue weighted by atomic mass is 9.90. The Kier molecular flexibility index (Phi) is 17.5. The minimum atomic E-state index is -3.97. The Morgan fingerprint density at radius 3 is 1.21 bits per heavy atom. The molecule has 4 rings (SSSR count). The number of hydrogen-bond donors (Lipinski definition) is 6. The molecule has 0 unspecified atom stereocenters. The molecule has 2 aromatic heterocycles. The van der Waals surface area contributed by atoms with Crippen molar-refractivity contribution in [1.29, 1.82) is 0 Å². The highest BCUT2D eigenvalue weighted by Gasteiger charge is 2.38. The fourth-order valence-corrected chi connectivity index (χ4v) is 9.05. The SMILES string of the molecule is CC(C)[C@H](NS(=O)(=O)CCc1ccccn1)C(=O)N[C@@H](Cc1ccccc1)[C@H](O)[C@@H](O)[C@H](Cc1ccccc1)NC(=O)[C@@H](NS(=O)(=O)CCc1ccccn1)C(C)C. The maximum Gasteiger partial charge on any atom is 0.238 e. The van der Waals surface area contributed by atoms with Crippen LogP contribution < -0.4 is 20.1 Å². The van der Waals surface area contributed by atoms with Gasteiger partial charge in [-0.25, -0.2) is 26.3 Å². The Morgan fingerprint density at radius 2 is 0.897 bits per heavy atom. The fourth-order valence-electron chi connectivity index (χ4n) is 6.33. The Morgan fingerprint density at radius 1 is 0.552 bits per heavy atom. The maximum atomic E-state index is 14.0. The van der Waals surface area contributed by atoms with E-state index in [9.17, 15) is 36.6 Å². The predicted octanol–water partition coefficient (Wildman–Crippen LogP) is 2.33. The van der Waals surface area contributed by atoms with Crippen LogP contribution in [0.1, 0.15) is 50.2 Å². The van der Waals surface area contributed by atoms with Gasteiger partial charge in [-0.05, 0) is 60.1 Å². The Hall–Kier alpha value is -4.58. The van der Waals surface area contributed by atoms with Gasteiger partial charge < -0.3 is 20.8 Å². The summed E-state index contributed by atoms with van der Waals surface area (Å²) in [6, 6.07) is 23.5. The molecular formula is C42H56N6O8S2. The van der Waals surface area contributed by atoms with Crippen molar-refractivity contribution in [3.63, 3.8) is 0 Å². The summed E-state index contributed by atoms with van der Waals surface area (Å²) in [6.07, 6.45) is 0.0826. The molecule has 2 heterocycles. The standard InChI is InChI=1S/C42H56N6O8S2/c1-29(2)37(47-57(53,54)25-21-33-19-11-13-23-43-33)41(51)45-35(27-31-15-7-5-8-16-31)39(49)40(50)36(28-32-17-9-6-10-18-32)46-42(52)38(30(3)4)48-58(55,56)26-22-34-20-12-14-24-44-34/h5-20,23-24,29-30,35-40,47-50H,21-22,25-28H2,1-4H3,(H,45,51)(H,46,52)/t35-,36-,37-,38-,39-,40-/m0/s1. The second-order valence-corrected chi connectivity index (χ2v) is 18.8. The van der Waals surface area contributed by atoms with Gasteiger partial charge in [0, 0.05) is 36.6 Å². The van der Waals surface area contributed by atoms with Crippen molar-refractivity contribution in [2.45, 2.75) is 89.8 Å². The number of carbonyl (C=O) groups is 2. The van der Waals surface area contributed by atoms with Crippen molar-refractivity contribution in [3.8, 4) is 0 Å². The lowest BCUT2D eigenvalue weighted by molar-refractivity contribution is -0.129. The molecule has 0 saturated heterocycles. The van der Waals surface area contributed by atoms with E-state index in [4.69, 9.17) is 0 Å². The molecule has 314 valence electrons. The molecule has 14 nitrogen and oxygen atoms in total. The molecule has 0 aliphatic heterocycles. The smallest absolute Gasteiger partial charge is 0.238 e. The van der Waals surface area contributed by atoms with Crippen LogP contribution in [0.4, 0.5) is 0 Å². The first kappa shape index (κ1) is 46.1. The number of nitrogens with zero attached hydrogens (tertiary/aromatic N) is 2. The molecule has 16 heteroatoms. The topological polar surface area (TPSA) is 217 Å². The maximum absolute atomic E-state index is 14.0. The third-order valence-corrected chi connectivity index (χ3v) is 12.4. The van der Waals surface area contributed by atoms with Crippen LogP contribution in [0.25, 0.3) is 0 Å². The Labute approximate surface area is 342 Å². The van der Waals surface area contributed by atoms with Crippen molar-refractivity contribution >= 4 is 31.9 Å². The molecule has 2 aromatic carbocycles. The average molecular weight is 837 g/mol. The van der Waals surface area contributed by atoms with E-state index < -0.39 is 80.1 Å². The van der Waals surface area contributed by atoms with Gasteiger partial charge in [0.2, 0.25) is 31.9 Å². The van der Waals surface area contributed by atoms with Gasteiger partial charge in [0.25, 0.3) is 0 Å². The summed E-state index contributed by atoms with van der Waals surface area (Å²) in [4.78, 5) is 36.3. The van der Waals surface area contributed by atoms with E-state index in [1.165, 1.54) is 0 Å². The number of sulfonamides is 2. The molecule has 0 fully saturated rings. The van der Waals surface area contributed by atoms with Gasteiger partial charge in [-0.3, -0.25) is 19.6 Å². The second kappa shape index (κ2) is 22.0. The normalized spacial score (nSPS) is 15.2. The van der Waals surface area contributed by atoms with Crippen LogP contribution in [0.3, 0.4) is 0 Å². The summed E-state index contributed by atoms with van der Waals surface area (Å²) in [6.45, 7) is 6.75. The van der Waals surface area contributed by atoms with E-state index in [1.807, 2.05) is 0 Å². The first-order valence-electron chi connectivity index (χ1n) is 19.4. The van der Waals surface area contributed by atoms with Crippen LogP contribution in [0, 0.1) is 11.8 Å². The average Bonchev–Trinajstić information content (AvgIpc) is 3.21. The van der Waals surface area contributed by atoms with Gasteiger partial charge in [-0.15, -0.1) is 0 Å². The highest BCUT2D eigenvalue weighted by molar-refractivity contribution is 7.89. The summed E-state index contributed by atoms with van der Waals surface area (Å²) in [5.41, 5.74) is 2.57. The minimum Gasteiger partial charge on any atom is -0.388 e. The molecule has 0 radical (unpaired) electrons. The molecule has 6 atom stereocenters. The largest absolute Gasteiger partial charge is 0.388 e. The number of amides is 2. The number of aryl methyl sites for hydroxylation is 2. The van der Waals surface area contributed by atoms with Gasteiger partial charge in [0.05, 0.1) is 23.6 Å². The van der Waals surface area contributed by atoms with E-state index in [1.54, 1.807) is 137 Å². The minimum absolute atomic E-state index is 0.0404. The number of benzene rings is 2. The number of aromatic nitrogens is 2. The van der Waals surface area contributed by atoms with E-state index in [0.717, 1.165) is 0 Å². The van der Waals surface area contributed by atoms with E-state index >= 15 is 0 Å². The molecule has 2 amide bonds. The van der Waals surface area contributed by atoms with Gasteiger partial charge in [0.1, 0.15) is 24.3 Å². The molecule has 0 bridgehead atoms. The summed E-state index contributed by atoms with van der Waals surface area (Å²) >= 11 is 0. The Bertz CT molecular complexity index is 1930. The number of rotatable bonds is 23. The second-order valence-electron chi connectivity index (χ2n) is 15.0. The summed E-state index contributed by atoms with van der Waals surface area (Å²) in [7, 11) is -7.94. The van der Waals surface area contributed by atoms with Gasteiger partial charge in [-0.2, -0.15) is 0 Å².